The van der Waals surface area contributed by atoms with E-state index >= 15 is 0 Å². The van der Waals surface area contributed by atoms with Crippen molar-refractivity contribution in [2.24, 2.45) is 11.8 Å². The van der Waals surface area contributed by atoms with Gasteiger partial charge in [-0.05, 0) is 63.5 Å². The van der Waals surface area contributed by atoms with Gasteiger partial charge >= 0.3 is 0 Å². The van der Waals surface area contributed by atoms with Gasteiger partial charge in [-0.25, -0.2) is 0 Å². The van der Waals surface area contributed by atoms with Gasteiger partial charge in [0.25, 0.3) is 0 Å². The Morgan fingerprint density at radius 1 is 1.22 bits per heavy atom. The lowest BCUT2D eigenvalue weighted by atomic mass is 9.84. The molecule has 4 nitrogen and oxygen atoms in total. The molecule has 0 saturated carbocycles. The van der Waals surface area contributed by atoms with Crippen LogP contribution in [0, 0.1) is 11.8 Å². The molecule has 2 fully saturated rings. The van der Waals surface area contributed by atoms with Crippen LogP contribution in [0.1, 0.15) is 58.8 Å². The van der Waals surface area contributed by atoms with Gasteiger partial charge in [0.15, 0.2) is 0 Å². The highest BCUT2D eigenvalue weighted by Crippen LogP contribution is 2.25. The average Bonchev–Trinajstić information content (AvgIpc) is 2.79. The number of likely N-dealkylation sites (tertiary alicyclic amines) is 1. The van der Waals surface area contributed by atoms with E-state index in [-0.39, 0.29) is 12.4 Å². The molecule has 1 N–H and O–H groups in total. The standard InChI is InChI=1S/C18H34N2O2.ClH/c1-3-13-22-17-5-4-11-20(12-8-17)18(21)14-15(2)16-6-9-19-10-7-16;/h15-17,19H,3-14H2,1-2H3;1H. The molecule has 0 radical (unpaired) electrons. The van der Waals surface area contributed by atoms with Gasteiger partial charge in [0.05, 0.1) is 6.10 Å². The molecule has 0 aromatic carbocycles. The number of hydrogen-bond donors (Lipinski definition) is 1. The molecule has 5 heteroatoms. The Hall–Kier alpha value is -0.320. The summed E-state index contributed by atoms with van der Waals surface area (Å²) in [5.41, 5.74) is 0. The molecule has 2 saturated heterocycles. The summed E-state index contributed by atoms with van der Waals surface area (Å²) in [5, 5.41) is 3.41. The number of nitrogens with one attached hydrogen (secondary N) is 1. The Labute approximate surface area is 148 Å². The summed E-state index contributed by atoms with van der Waals surface area (Å²) in [6.45, 7) is 9.29. The van der Waals surface area contributed by atoms with Crippen molar-refractivity contribution in [1.82, 2.24) is 10.2 Å². The summed E-state index contributed by atoms with van der Waals surface area (Å²) in [6, 6.07) is 0. The first-order valence-corrected chi connectivity index (χ1v) is 9.30. The highest BCUT2D eigenvalue weighted by atomic mass is 35.5. The van der Waals surface area contributed by atoms with Crippen molar-refractivity contribution in [1.29, 1.82) is 0 Å². The zero-order chi connectivity index (χ0) is 15.8. The second-order valence-corrected chi connectivity index (χ2v) is 7.07. The normalized spacial score (nSPS) is 24.6. The Bertz CT molecular complexity index is 335. The van der Waals surface area contributed by atoms with Gasteiger partial charge in [0.2, 0.25) is 5.91 Å². The van der Waals surface area contributed by atoms with E-state index in [0.717, 1.165) is 70.8 Å². The minimum atomic E-state index is 0. The maximum absolute atomic E-state index is 12.6. The van der Waals surface area contributed by atoms with Crippen molar-refractivity contribution >= 4 is 18.3 Å². The van der Waals surface area contributed by atoms with Gasteiger partial charge in [-0.2, -0.15) is 0 Å². The molecule has 23 heavy (non-hydrogen) atoms. The number of halogens is 1. The summed E-state index contributed by atoms with van der Waals surface area (Å²) < 4.78 is 5.87. The first kappa shape index (κ1) is 20.7. The minimum absolute atomic E-state index is 0. The Kier molecular flexibility index (Phi) is 10.2. The van der Waals surface area contributed by atoms with E-state index in [2.05, 4.69) is 24.1 Å². The van der Waals surface area contributed by atoms with Crippen molar-refractivity contribution in [3.05, 3.63) is 0 Å². The van der Waals surface area contributed by atoms with Crippen molar-refractivity contribution in [3.8, 4) is 0 Å². The smallest absolute Gasteiger partial charge is 0.222 e. The fourth-order valence-corrected chi connectivity index (χ4v) is 3.75. The van der Waals surface area contributed by atoms with E-state index in [1.165, 1.54) is 12.8 Å². The molecule has 2 rings (SSSR count). The molecule has 2 heterocycles. The molecule has 2 aliphatic heterocycles. The van der Waals surface area contributed by atoms with E-state index in [1.807, 2.05) is 0 Å². The van der Waals surface area contributed by atoms with Crippen molar-refractivity contribution in [2.45, 2.75) is 64.9 Å². The van der Waals surface area contributed by atoms with Crippen LogP contribution in [0.2, 0.25) is 0 Å². The molecule has 0 bridgehead atoms. The third-order valence-electron chi connectivity index (χ3n) is 5.27. The van der Waals surface area contributed by atoms with E-state index in [1.54, 1.807) is 0 Å². The molecule has 1 amide bonds. The van der Waals surface area contributed by atoms with Crippen LogP contribution < -0.4 is 5.32 Å². The van der Waals surface area contributed by atoms with Crippen LogP contribution in [-0.2, 0) is 9.53 Å². The third-order valence-corrected chi connectivity index (χ3v) is 5.27. The Balaban J connectivity index is 0.00000264. The summed E-state index contributed by atoms with van der Waals surface area (Å²) in [6.07, 6.45) is 7.81. The van der Waals surface area contributed by atoms with Crippen molar-refractivity contribution in [3.63, 3.8) is 0 Å². The van der Waals surface area contributed by atoms with E-state index in [4.69, 9.17) is 4.74 Å². The Morgan fingerprint density at radius 3 is 2.65 bits per heavy atom. The number of carbonyl (C=O) groups excluding carboxylic acids is 1. The maximum Gasteiger partial charge on any atom is 0.222 e. The maximum atomic E-state index is 12.6. The fraction of sp³-hybridized carbons (Fsp3) is 0.944. The first-order chi connectivity index (χ1) is 10.7. The van der Waals surface area contributed by atoms with Crippen molar-refractivity contribution in [2.75, 3.05) is 32.8 Å². The van der Waals surface area contributed by atoms with E-state index in [0.29, 0.717) is 17.9 Å². The summed E-state index contributed by atoms with van der Waals surface area (Å²) >= 11 is 0. The number of amides is 1. The third kappa shape index (κ3) is 6.98. The SMILES string of the molecule is CCCOC1CCCN(C(=O)CC(C)C2CCNCC2)CC1.Cl. The highest BCUT2D eigenvalue weighted by molar-refractivity contribution is 5.85. The minimum Gasteiger partial charge on any atom is -0.378 e. The largest absolute Gasteiger partial charge is 0.378 e. The van der Waals surface area contributed by atoms with Crippen LogP contribution in [0.15, 0.2) is 0 Å². The van der Waals surface area contributed by atoms with E-state index < -0.39 is 0 Å². The molecular weight excluding hydrogens is 312 g/mol. The van der Waals surface area contributed by atoms with Gasteiger partial charge in [0, 0.05) is 26.1 Å². The predicted molar refractivity (Wildman–Crippen MR) is 97.1 cm³/mol. The Morgan fingerprint density at radius 2 is 1.96 bits per heavy atom. The van der Waals surface area contributed by atoms with Crippen LogP contribution in [0.25, 0.3) is 0 Å². The van der Waals surface area contributed by atoms with Crippen LogP contribution in [0.5, 0.6) is 0 Å². The topological polar surface area (TPSA) is 41.6 Å². The molecule has 136 valence electrons. The van der Waals surface area contributed by atoms with Crippen LogP contribution in [-0.4, -0.2) is 49.7 Å². The number of ether oxygens (including phenoxy) is 1. The molecule has 2 aliphatic rings. The fourth-order valence-electron chi connectivity index (χ4n) is 3.75. The van der Waals surface area contributed by atoms with Gasteiger partial charge < -0.3 is 15.0 Å². The lowest BCUT2D eigenvalue weighted by Gasteiger charge is -2.30. The van der Waals surface area contributed by atoms with Crippen LogP contribution in [0.4, 0.5) is 0 Å². The molecule has 2 atom stereocenters. The van der Waals surface area contributed by atoms with E-state index in [9.17, 15) is 4.79 Å². The monoisotopic (exact) mass is 346 g/mol. The number of piperidine rings is 1. The van der Waals surface area contributed by atoms with Crippen LogP contribution in [0.3, 0.4) is 0 Å². The zero-order valence-electron chi connectivity index (χ0n) is 14.9. The number of nitrogens with zero attached hydrogens (tertiary/aromatic N) is 1. The number of carbonyl (C=O) groups is 1. The average molecular weight is 347 g/mol. The summed E-state index contributed by atoms with van der Waals surface area (Å²) in [5.74, 6) is 1.60. The number of rotatable bonds is 6. The first-order valence-electron chi connectivity index (χ1n) is 9.30. The summed E-state index contributed by atoms with van der Waals surface area (Å²) in [4.78, 5) is 14.7. The van der Waals surface area contributed by atoms with Gasteiger partial charge in [-0.15, -0.1) is 12.4 Å². The second kappa shape index (κ2) is 11.3. The second-order valence-electron chi connectivity index (χ2n) is 7.07. The molecule has 0 aliphatic carbocycles. The van der Waals surface area contributed by atoms with Gasteiger partial charge in [-0.3, -0.25) is 4.79 Å². The molecule has 2 unspecified atom stereocenters. The lowest BCUT2D eigenvalue weighted by molar-refractivity contribution is -0.132. The van der Waals surface area contributed by atoms with Gasteiger partial charge in [-0.1, -0.05) is 13.8 Å². The lowest BCUT2D eigenvalue weighted by Crippen LogP contribution is -2.36. The molecule has 0 aromatic rings. The summed E-state index contributed by atoms with van der Waals surface area (Å²) in [7, 11) is 0. The molecule has 0 spiro atoms. The molecule has 0 aromatic heterocycles. The number of hydrogen-bond acceptors (Lipinski definition) is 3. The quantitative estimate of drug-likeness (QED) is 0.802. The van der Waals surface area contributed by atoms with Gasteiger partial charge in [0.1, 0.15) is 0 Å². The highest BCUT2D eigenvalue weighted by Gasteiger charge is 2.26. The predicted octanol–water partition coefficient (Wildman–Crippen LogP) is 3.24. The molecular formula is C18H35ClN2O2. The zero-order valence-corrected chi connectivity index (χ0v) is 15.7. The van der Waals surface area contributed by atoms with Crippen LogP contribution >= 0.6 is 12.4 Å². The van der Waals surface area contributed by atoms with Crippen molar-refractivity contribution < 1.29 is 9.53 Å².